The Hall–Kier alpha value is -3.69. The molecule has 2 aromatic carbocycles. The number of aromatic amines is 1. The van der Waals surface area contributed by atoms with E-state index in [-0.39, 0.29) is 36.9 Å². The molecule has 0 saturated carbocycles. The van der Waals surface area contributed by atoms with Crippen molar-refractivity contribution in [2.75, 3.05) is 6.54 Å². The van der Waals surface area contributed by atoms with Gasteiger partial charge >= 0.3 is 6.18 Å². The maximum atomic E-state index is 13.1. The largest absolute Gasteiger partial charge is 0.416 e. The molecule has 0 spiro atoms. The van der Waals surface area contributed by atoms with Crippen molar-refractivity contribution in [2.45, 2.75) is 32.1 Å². The van der Waals surface area contributed by atoms with Crippen molar-refractivity contribution in [2.24, 2.45) is 0 Å². The standard InChI is InChI=1S/C23H20F4N4O2/c24-17-6-4-14(5-7-17)11-20(32)31-9-8-19-18(13-31)21(30-29-19)22(33)28-12-15-2-1-3-16(10-15)23(25,26)27/h1-7,10H,8-9,11-13H2,(H,28,33)(H,29,30). The zero-order valence-corrected chi connectivity index (χ0v) is 17.4. The Balaban J connectivity index is 1.41. The van der Waals surface area contributed by atoms with E-state index in [1.54, 1.807) is 17.0 Å². The minimum absolute atomic E-state index is 0.0996. The second-order valence-corrected chi connectivity index (χ2v) is 7.78. The first-order valence-electron chi connectivity index (χ1n) is 10.2. The molecule has 0 fully saturated rings. The van der Waals surface area contributed by atoms with Crippen LogP contribution in [0.15, 0.2) is 48.5 Å². The number of H-pyrrole nitrogens is 1. The number of hydrogen-bond acceptors (Lipinski definition) is 3. The quantitative estimate of drug-likeness (QED) is 0.571. The second-order valence-electron chi connectivity index (χ2n) is 7.78. The van der Waals surface area contributed by atoms with E-state index in [9.17, 15) is 27.2 Å². The summed E-state index contributed by atoms with van der Waals surface area (Å²) in [7, 11) is 0. The van der Waals surface area contributed by atoms with Gasteiger partial charge in [-0.2, -0.15) is 18.3 Å². The van der Waals surface area contributed by atoms with Crippen LogP contribution in [0.4, 0.5) is 17.6 Å². The van der Waals surface area contributed by atoms with Gasteiger partial charge in [-0.3, -0.25) is 14.7 Å². The highest BCUT2D eigenvalue weighted by atomic mass is 19.4. The lowest BCUT2D eigenvalue weighted by atomic mass is 10.0. The lowest BCUT2D eigenvalue weighted by molar-refractivity contribution is -0.137. The van der Waals surface area contributed by atoms with Crippen molar-refractivity contribution < 1.29 is 27.2 Å². The molecule has 2 amide bonds. The fourth-order valence-corrected chi connectivity index (χ4v) is 3.71. The van der Waals surface area contributed by atoms with E-state index < -0.39 is 17.6 Å². The number of amides is 2. The summed E-state index contributed by atoms with van der Waals surface area (Å²) in [4.78, 5) is 27.0. The van der Waals surface area contributed by atoms with Crippen molar-refractivity contribution in [3.63, 3.8) is 0 Å². The van der Waals surface area contributed by atoms with E-state index in [4.69, 9.17) is 0 Å². The highest BCUT2D eigenvalue weighted by Gasteiger charge is 2.31. The summed E-state index contributed by atoms with van der Waals surface area (Å²) in [6, 6.07) is 10.4. The maximum Gasteiger partial charge on any atom is 0.416 e. The lowest BCUT2D eigenvalue weighted by Gasteiger charge is -2.27. The van der Waals surface area contributed by atoms with Crippen LogP contribution in [0.1, 0.15) is 38.4 Å². The minimum atomic E-state index is -4.47. The smallest absolute Gasteiger partial charge is 0.347 e. The summed E-state index contributed by atoms with van der Waals surface area (Å²) in [5.74, 6) is -1.09. The first-order chi connectivity index (χ1) is 15.7. The fourth-order valence-electron chi connectivity index (χ4n) is 3.71. The molecule has 33 heavy (non-hydrogen) atoms. The first-order valence-corrected chi connectivity index (χ1v) is 10.2. The number of fused-ring (bicyclic) bond motifs is 1. The third-order valence-electron chi connectivity index (χ3n) is 5.48. The number of nitrogens with one attached hydrogen (secondary N) is 2. The molecule has 0 atom stereocenters. The molecular weight excluding hydrogens is 440 g/mol. The Labute approximate surface area is 186 Å². The van der Waals surface area contributed by atoms with E-state index in [1.165, 1.54) is 24.3 Å². The molecule has 0 saturated heterocycles. The normalized spacial score (nSPS) is 13.5. The zero-order valence-electron chi connectivity index (χ0n) is 17.4. The van der Waals surface area contributed by atoms with Crippen LogP contribution in [-0.4, -0.2) is 33.5 Å². The molecule has 1 aromatic heterocycles. The Morgan fingerprint density at radius 2 is 1.85 bits per heavy atom. The average Bonchev–Trinajstić information content (AvgIpc) is 3.22. The van der Waals surface area contributed by atoms with Gasteiger partial charge in [-0.15, -0.1) is 0 Å². The summed E-state index contributed by atoms with van der Waals surface area (Å²) >= 11 is 0. The molecule has 172 valence electrons. The van der Waals surface area contributed by atoms with Crippen LogP contribution < -0.4 is 5.32 Å². The van der Waals surface area contributed by atoms with Gasteiger partial charge in [0.05, 0.1) is 12.0 Å². The van der Waals surface area contributed by atoms with Crippen LogP contribution in [0.2, 0.25) is 0 Å². The van der Waals surface area contributed by atoms with Gasteiger partial charge in [0, 0.05) is 37.3 Å². The number of carbonyl (C=O) groups is 2. The Morgan fingerprint density at radius 3 is 2.58 bits per heavy atom. The zero-order chi connectivity index (χ0) is 23.6. The van der Waals surface area contributed by atoms with E-state index >= 15 is 0 Å². The first kappa shape index (κ1) is 22.5. The van der Waals surface area contributed by atoms with Gasteiger partial charge in [0.25, 0.3) is 5.91 Å². The van der Waals surface area contributed by atoms with Gasteiger partial charge in [-0.1, -0.05) is 24.3 Å². The Morgan fingerprint density at radius 1 is 1.09 bits per heavy atom. The third kappa shape index (κ3) is 5.21. The molecule has 2 heterocycles. The van der Waals surface area contributed by atoms with Crippen molar-refractivity contribution >= 4 is 11.8 Å². The van der Waals surface area contributed by atoms with Gasteiger partial charge in [0.15, 0.2) is 5.69 Å². The number of alkyl halides is 3. The van der Waals surface area contributed by atoms with E-state index in [0.29, 0.717) is 29.7 Å². The number of nitrogens with zero attached hydrogens (tertiary/aromatic N) is 2. The summed E-state index contributed by atoms with van der Waals surface area (Å²) in [6.45, 7) is 0.524. The van der Waals surface area contributed by atoms with Gasteiger partial charge in [-0.05, 0) is 35.4 Å². The van der Waals surface area contributed by atoms with Crippen molar-refractivity contribution in [3.05, 3.63) is 88.0 Å². The van der Waals surface area contributed by atoms with E-state index in [0.717, 1.165) is 17.8 Å². The van der Waals surface area contributed by atoms with Crippen LogP contribution in [0.3, 0.4) is 0 Å². The number of halogens is 4. The highest BCUT2D eigenvalue weighted by Crippen LogP contribution is 2.29. The minimum Gasteiger partial charge on any atom is -0.347 e. The molecule has 0 aliphatic carbocycles. The fraction of sp³-hybridized carbons (Fsp3) is 0.261. The predicted octanol–water partition coefficient (Wildman–Crippen LogP) is 3.63. The molecule has 2 N–H and O–H groups in total. The molecule has 0 bridgehead atoms. The van der Waals surface area contributed by atoms with E-state index in [1.807, 2.05) is 0 Å². The lowest BCUT2D eigenvalue weighted by Crippen LogP contribution is -2.37. The average molecular weight is 460 g/mol. The molecule has 0 radical (unpaired) electrons. The number of benzene rings is 2. The van der Waals surface area contributed by atoms with Crippen LogP contribution in [0, 0.1) is 5.82 Å². The van der Waals surface area contributed by atoms with Crippen molar-refractivity contribution in [1.82, 2.24) is 20.4 Å². The Bertz CT molecular complexity index is 1170. The van der Waals surface area contributed by atoms with Gasteiger partial charge in [0.2, 0.25) is 5.91 Å². The van der Waals surface area contributed by atoms with Crippen LogP contribution >= 0.6 is 0 Å². The highest BCUT2D eigenvalue weighted by molar-refractivity contribution is 5.94. The molecular formula is C23H20F4N4O2. The van der Waals surface area contributed by atoms with Crippen LogP contribution in [0.5, 0.6) is 0 Å². The van der Waals surface area contributed by atoms with Crippen molar-refractivity contribution in [3.8, 4) is 0 Å². The number of rotatable bonds is 5. The molecule has 0 unspecified atom stereocenters. The monoisotopic (exact) mass is 460 g/mol. The summed E-state index contributed by atoms with van der Waals surface area (Å²) < 4.78 is 51.7. The number of carbonyl (C=O) groups excluding carboxylic acids is 2. The molecule has 1 aliphatic rings. The molecule has 3 aromatic rings. The Kier molecular flexibility index (Phi) is 6.17. The van der Waals surface area contributed by atoms with E-state index in [2.05, 4.69) is 15.5 Å². The second kappa shape index (κ2) is 9.05. The topological polar surface area (TPSA) is 78.1 Å². The van der Waals surface area contributed by atoms with Crippen molar-refractivity contribution in [1.29, 1.82) is 0 Å². The molecule has 4 rings (SSSR count). The summed E-state index contributed by atoms with van der Waals surface area (Å²) in [5.41, 5.74) is 1.62. The SMILES string of the molecule is O=C(NCc1cccc(C(F)(F)F)c1)c1n[nH]c2c1CN(C(=O)Cc1ccc(F)cc1)CC2. The van der Waals surface area contributed by atoms with Crippen LogP contribution in [-0.2, 0) is 36.9 Å². The molecule has 1 aliphatic heterocycles. The van der Waals surface area contributed by atoms with Gasteiger partial charge in [0.1, 0.15) is 5.82 Å². The third-order valence-corrected chi connectivity index (χ3v) is 5.48. The number of hydrogen-bond donors (Lipinski definition) is 2. The molecule has 6 nitrogen and oxygen atoms in total. The number of aromatic nitrogens is 2. The summed E-state index contributed by atoms with van der Waals surface area (Å²) in [6.07, 6.45) is -3.88. The summed E-state index contributed by atoms with van der Waals surface area (Å²) in [5, 5.41) is 9.46. The maximum absolute atomic E-state index is 13.1. The van der Waals surface area contributed by atoms with Gasteiger partial charge in [-0.25, -0.2) is 4.39 Å². The van der Waals surface area contributed by atoms with Crippen LogP contribution in [0.25, 0.3) is 0 Å². The van der Waals surface area contributed by atoms with Gasteiger partial charge < -0.3 is 10.2 Å². The predicted molar refractivity (Wildman–Crippen MR) is 110 cm³/mol. The molecule has 10 heteroatoms.